The van der Waals surface area contributed by atoms with Crippen LogP contribution in [-0.4, -0.2) is 25.3 Å². The Morgan fingerprint density at radius 1 is 0.492 bits per heavy atom. The summed E-state index contributed by atoms with van der Waals surface area (Å²) in [6, 6.07) is 28.6. The van der Waals surface area contributed by atoms with E-state index in [0.717, 1.165) is 68.2 Å². The fraction of sp³-hybridized carbons (Fsp3) is 0.245. The number of rotatable bonds is 10. The van der Waals surface area contributed by atoms with Gasteiger partial charge in [0.05, 0.1) is 25.3 Å². The van der Waals surface area contributed by atoms with Crippen LogP contribution in [0, 0.1) is 30.2 Å². The molecule has 0 aromatic heterocycles. The van der Waals surface area contributed by atoms with Gasteiger partial charge in [-0.2, -0.15) is 0 Å². The second-order valence-corrected chi connectivity index (χ2v) is 17.0. The number of hydrogen-bond donors (Lipinski definition) is 2. The highest BCUT2D eigenvalue weighted by Crippen LogP contribution is 2.45. The van der Waals surface area contributed by atoms with E-state index in [1.54, 1.807) is 25.3 Å². The van der Waals surface area contributed by atoms with E-state index in [-0.39, 0.29) is 29.3 Å². The molecule has 6 aromatic rings. The minimum absolute atomic E-state index is 0.0946. The summed E-state index contributed by atoms with van der Waals surface area (Å²) in [6.07, 6.45) is 4.34. The Morgan fingerprint density at radius 3 is 1.54 bits per heavy atom. The zero-order valence-electron chi connectivity index (χ0n) is 37.0. The zero-order valence-corrected chi connectivity index (χ0v) is 37.0. The van der Waals surface area contributed by atoms with Crippen molar-refractivity contribution in [3.8, 4) is 45.3 Å². The van der Waals surface area contributed by atoms with Crippen molar-refractivity contribution in [2.24, 2.45) is 0 Å². The van der Waals surface area contributed by atoms with E-state index in [4.69, 9.17) is 18.9 Å². The fourth-order valence-corrected chi connectivity index (χ4v) is 8.50. The molecule has 0 fully saturated rings. The summed E-state index contributed by atoms with van der Waals surface area (Å²) < 4.78 is 78.5. The Morgan fingerprint density at radius 2 is 0.984 bits per heavy atom. The van der Waals surface area contributed by atoms with Crippen molar-refractivity contribution in [2.75, 3.05) is 24.9 Å². The maximum Gasteiger partial charge on any atom is 0.162 e. The predicted octanol–water partition coefficient (Wildman–Crippen LogP) is 14.0. The number of benzene rings is 6. The van der Waals surface area contributed by atoms with Crippen molar-refractivity contribution in [3.05, 3.63) is 166 Å². The van der Waals surface area contributed by atoms with Crippen LogP contribution < -0.4 is 29.6 Å². The molecule has 326 valence electrons. The van der Waals surface area contributed by atoms with E-state index >= 15 is 0 Å². The highest BCUT2D eigenvalue weighted by atomic mass is 19.2. The molecular weight excluding hydrogens is 805 g/mol. The van der Waals surface area contributed by atoms with Gasteiger partial charge in [-0.05, 0) is 125 Å². The van der Waals surface area contributed by atoms with E-state index in [9.17, 15) is 17.6 Å². The third kappa shape index (κ3) is 9.86. The molecular formula is C53H52F4N2O4. The monoisotopic (exact) mass is 856 g/mol. The zero-order chi connectivity index (χ0) is 45.2. The minimum Gasteiger partial charge on any atom is -0.496 e. The lowest BCUT2D eigenvalue weighted by Gasteiger charge is -2.33. The molecule has 0 spiro atoms. The molecule has 2 heterocycles. The normalized spacial score (nSPS) is 14.3. The molecule has 63 heavy (non-hydrogen) atoms. The molecule has 0 unspecified atom stereocenters. The third-order valence-electron chi connectivity index (χ3n) is 11.1. The van der Waals surface area contributed by atoms with Crippen LogP contribution >= 0.6 is 0 Å². The first-order chi connectivity index (χ1) is 30.0. The highest BCUT2D eigenvalue weighted by Gasteiger charge is 2.29. The summed E-state index contributed by atoms with van der Waals surface area (Å²) in [5.41, 5.74) is 11.7. The van der Waals surface area contributed by atoms with Crippen molar-refractivity contribution in [2.45, 2.75) is 72.8 Å². The van der Waals surface area contributed by atoms with Crippen LogP contribution in [0.2, 0.25) is 0 Å². The minimum atomic E-state index is -0.986. The van der Waals surface area contributed by atoms with E-state index in [2.05, 4.69) is 76.5 Å². The number of aryl methyl sites for hydroxylation is 1. The van der Waals surface area contributed by atoms with Crippen molar-refractivity contribution in [1.29, 1.82) is 0 Å². The SMILES string of the molecule is COc1cc(F)c(F)cc1-c1ccc2c(c1COc1cccc(F)c1)C(C)=CC(C)(C)N2.COc1cc(F)ccc1-c1ccc2c(c1COc1ccc(C)cc1)C(C)=CC(C)(C)N2. The largest absolute Gasteiger partial charge is 0.496 e. The molecule has 0 saturated heterocycles. The van der Waals surface area contributed by atoms with Crippen molar-refractivity contribution in [1.82, 2.24) is 0 Å². The topological polar surface area (TPSA) is 61.0 Å². The Bertz CT molecular complexity index is 2740. The average molecular weight is 857 g/mol. The second-order valence-electron chi connectivity index (χ2n) is 17.0. The molecule has 2 aliphatic heterocycles. The lowest BCUT2D eigenvalue weighted by atomic mass is 9.85. The lowest BCUT2D eigenvalue weighted by molar-refractivity contribution is 0.304. The van der Waals surface area contributed by atoms with Crippen LogP contribution in [0.5, 0.6) is 23.0 Å². The number of allylic oxidation sites excluding steroid dienone is 2. The number of ether oxygens (including phenoxy) is 4. The van der Waals surface area contributed by atoms with E-state index in [0.29, 0.717) is 29.2 Å². The van der Waals surface area contributed by atoms with Crippen molar-refractivity contribution in [3.63, 3.8) is 0 Å². The number of nitrogens with one attached hydrogen (secondary N) is 2. The first kappa shape index (κ1) is 44.4. The van der Waals surface area contributed by atoms with Gasteiger partial charge in [-0.3, -0.25) is 0 Å². The molecule has 2 aliphatic rings. The number of fused-ring (bicyclic) bond motifs is 2. The summed E-state index contributed by atoms with van der Waals surface area (Å²) >= 11 is 0. The molecule has 8 rings (SSSR count). The van der Waals surface area contributed by atoms with Gasteiger partial charge >= 0.3 is 0 Å². The van der Waals surface area contributed by atoms with Gasteiger partial charge in [0, 0.05) is 63.0 Å². The quantitative estimate of drug-likeness (QED) is 0.134. The number of hydrogen-bond acceptors (Lipinski definition) is 6. The van der Waals surface area contributed by atoms with Crippen molar-refractivity contribution >= 4 is 22.5 Å². The molecule has 10 heteroatoms. The molecule has 0 radical (unpaired) electrons. The van der Waals surface area contributed by atoms with Gasteiger partial charge in [0.25, 0.3) is 0 Å². The molecule has 2 N–H and O–H groups in total. The molecule has 6 aromatic carbocycles. The Labute approximate surface area is 367 Å². The van der Waals surface area contributed by atoms with Gasteiger partial charge in [0.15, 0.2) is 11.6 Å². The Balaban J connectivity index is 0.000000189. The van der Waals surface area contributed by atoms with Crippen LogP contribution in [0.25, 0.3) is 33.4 Å². The molecule has 0 saturated carbocycles. The van der Waals surface area contributed by atoms with E-state index in [1.165, 1.54) is 42.5 Å². The lowest BCUT2D eigenvalue weighted by Crippen LogP contribution is -2.32. The summed E-state index contributed by atoms with van der Waals surface area (Å²) in [6.45, 7) is 15.1. The summed E-state index contributed by atoms with van der Waals surface area (Å²) in [5.74, 6) is -0.788. The van der Waals surface area contributed by atoms with Gasteiger partial charge in [-0.25, -0.2) is 17.6 Å². The molecule has 6 nitrogen and oxygen atoms in total. The van der Waals surface area contributed by atoms with E-state index < -0.39 is 17.5 Å². The van der Waals surface area contributed by atoms with Gasteiger partial charge < -0.3 is 29.6 Å². The number of anilines is 2. The standard InChI is InChI=1S/C27H28FNO2.C26H24F3NO2/c1-17-6-9-20(10-7-17)31-16-23-21(22-11-8-19(28)14-25(22)30-5)12-13-24-26(23)18(2)15-27(3,4)29-24;1-15-13-26(2,3)30-23-9-8-18(19-11-21(28)22(29)12-24(19)31-4)20(25(15)23)14-32-17-7-5-6-16(27)10-17/h6-15,29H,16H2,1-5H3;5-13,30H,14H2,1-4H3. The summed E-state index contributed by atoms with van der Waals surface area (Å²) in [7, 11) is 2.97. The Kier molecular flexibility index (Phi) is 12.7. The average Bonchev–Trinajstić information content (AvgIpc) is 3.22. The number of methoxy groups -OCH3 is 2. The first-order valence-corrected chi connectivity index (χ1v) is 20.7. The van der Waals surface area contributed by atoms with Crippen LogP contribution in [0.1, 0.15) is 69.4 Å². The predicted molar refractivity (Wildman–Crippen MR) is 246 cm³/mol. The van der Waals surface area contributed by atoms with Crippen molar-refractivity contribution < 1.29 is 36.5 Å². The third-order valence-corrected chi connectivity index (χ3v) is 11.1. The second kappa shape index (κ2) is 18.0. The van der Waals surface area contributed by atoms with Gasteiger partial charge in [0.2, 0.25) is 0 Å². The Hall–Kier alpha value is -6.68. The van der Waals surface area contributed by atoms with Crippen LogP contribution in [-0.2, 0) is 13.2 Å². The van der Waals surface area contributed by atoms with Gasteiger partial charge in [-0.1, -0.05) is 48.0 Å². The molecule has 0 amide bonds. The maximum absolute atomic E-state index is 14.2. The smallest absolute Gasteiger partial charge is 0.162 e. The summed E-state index contributed by atoms with van der Waals surface area (Å²) in [4.78, 5) is 0. The summed E-state index contributed by atoms with van der Waals surface area (Å²) in [5, 5.41) is 7.09. The first-order valence-electron chi connectivity index (χ1n) is 20.7. The van der Waals surface area contributed by atoms with Gasteiger partial charge in [0.1, 0.15) is 47.8 Å². The molecule has 0 bridgehead atoms. The highest BCUT2D eigenvalue weighted by molar-refractivity contribution is 5.90. The molecule has 0 atom stereocenters. The maximum atomic E-state index is 14.2. The van der Waals surface area contributed by atoms with Crippen LogP contribution in [0.3, 0.4) is 0 Å². The molecule has 0 aliphatic carbocycles. The van der Waals surface area contributed by atoms with E-state index in [1.807, 2.05) is 43.3 Å². The van der Waals surface area contributed by atoms with Gasteiger partial charge in [-0.15, -0.1) is 0 Å². The number of halogens is 4. The van der Waals surface area contributed by atoms with Crippen LogP contribution in [0.15, 0.2) is 115 Å². The van der Waals surface area contributed by atoms with Crippen LogP contribution in [0.4, 0.5) is 28.9 Å². The fourth-order valence-electron chi connectivity index (χ4n) is 8.50.